The highest BCUT2D eigenvalue weighted by Crippen LogP contribution is 2.30. The Labute approximate surface area is 443 Å². The van der Waals surface area contributed by atoms with E-state index in [1.54, 1.807) is 19.0 Å². The largest absolute Gasteiger partial charge is 0.379 e. The summed E-state index contributed by atoms with van der Waals surface area (Å²) in [4.78, 5) is 97.2. The fourth-order valence-corrected chi connectivity index (χ4v) is 10.0. The number of rotatable bonds is 28. The minimum absolute atomic E-state index is 0.0331. The molecule has 414 valence electrons. The first kappa shape index (κ1) is 61.7. The summed E-state index contributed by atoms with van der Waals surface area (Å²) in [6.07, 6.45) is 4.17. The summed E-state index contributed by atoms with van der Waals surface area (Å²) >= 11 is 0. The number of imide groups is 1. The van der Waals surface area contributed by atoms with Crippen molar-refractivity contribution >= 4 is 57.1 Å². The molecule has 2 heterocycles. The van der Waals surface area contributed by atoms with Gasteiger partial charge in [-0.2, -0.15) is 0 Å². The number of benzene rings is 2. The smallest absolute Gasteiger partial charge is 0.264 e. The van der Waals surface area contributed by atoms with Gasteiger partial charge in [-0.25, -0.2) is 13.1 Å². The topological polar surface area (TPSA) is 251 Å². The Bertz CT molecular complexity index is 2460. The van der Waals surface area contributed by atoms with Gasteiger partial charge >= 0.3 is 0 Å². The van der Waals surface area contributed by atoms with Crippen LogP contribution in [0.3, 0.4) is 0 Å². The van der Waals surface area contributed by atoms with Gasteiger partial charge in [0.1, 0.15) is 12.2 Å². The highest BCUT2D eigenvalue weighted by Gasteiger charge is 2.44. The fourth-order valence-electron chi connectivity index (χ4n) is 9.01. The summed E-state index contributed by atoms with van der Waals surface area (Å²) in [5, 5.41) is 11.8. The second-order valence-corrected chi connectivity index (χ2v) is 22.8. The fraction of sp³-hybridized carbons (Fsp3) is 0.574. The van der Waals surface area contributed by atoms with Gasteiger partial charge in [0, 0.05) is 54.9 Å². The second-order valence-electron chi connectivity index (χ2n) is 21.1. The van der Waals surface area contributed by atoms with Crippen LogP contribution >= 0.6 is 0 Å². The van der Waals surface area contributed by atoms with Crippen molar-refractivity contribution in [3.63, 3.8) is 0 Å². The Morgan fingerprint density at radius 1 is 0.813 bits per heavy atom. The van der Waals surface area contributed by atoms with E-state index in [-0.39, 0.29) is 86.0 Å². The highest BCUT2D eigenvalue weighted by atomic mass is 32.2. The molecule has 0 aliphatic carbocycles. The second kappa shape index (κ2) is 27.8. The van der Waals surface area contributed by atoms with Crippen LogP contribution in [-0.4, -0.2) is 161 Å². The molecule has 2 aromatic carbocycles. The SMILES string of the molecule is CN[C@H](C(=O)N[C@H](C(=O)N(C)[C@H](/C=C(\C)C(=O)NS(=O)(=O)c1ccc(NC(=O)[C@@H]2CCCN2[C@H](COCCOCCOCCC(=O)NC(C)C)N2C(=O)C=CC2=O)cc1)C(C)C)C(C)(C)C)C(C)(C)c1ccccc1. The molecule has 0 saturated carbocycles. The van der Waals surface area contributed by atoms with Crippen molar-refractivity contribution in [1.29, 1.82) is 0 Å². The van der Waals surface area contributed by atoms with Gasteiger partial charge in [0.2, 0.25) is 23.6 Å². The zero-order chi connectivity index (χ0) is 55.8. The molecular weight excluding hydrogens is 985 g/mol. The molecule has 21 heteroatoms. The van der Waals surface area contributed by atoms with Crippen LogP contribution in [0.5, 0.6) is 0 Å². The highest BCUT2D eigenvalue weighted by molar-refractivity contribution is 7.90. The quantitative estimate of drug-likeness (QED) is 0.0464. The zero-order valence-electron chi connectivity index (χ0n) is 45.7. The molecule has 2 aromatic rings. The van der Waals surface area contributed by atoms with E-state index in [0.29, 0.717) is 19.4 Å². The Hall–Kier alpha value is -5.84. The molecule has 20 nitrogen and oxygen atoms in total. The molecule has 75 heavy (non-hydrogen) atoms. The van der Waals surface area contributed by atoms with E-state index in [2.05, 4.69) is 26.0 Å². The summed E-state index contributed by atoms with van der Waals surface area (Å²) in [6, 6.07) is 11.8. The third kappa shape index (κ3) is 17.3. The minimum Gasteiger partial charge on any atom is -0.379 e. The van der Waals surface area contributed by atoms with Crippen molar-refractivity contribution in [2.24, 2.45) is 11.3 Å². The van der Waals surface area contributed by atoms with Gasteiger partial charge in [-0.3, -0.25) is 43.4 Å². The van der Waals surface area contributed by atoms with E-state index >= 15 is 0 Å². The van der Waals surface area contributed by atoms with Gasteiger partial charge in [-0.05, 0) is 81.8 Å². The van der Waals surface area contributed by atoms with Gasteiger partial charge in [-0.15, -0.1) is 0 Å². The van der Waals surface area contributed by atoms with Gasteiger partial charge in [-0.1, -0.05) is 84.9 Å². The van der Waals surface area contributed by atoms with Crippen molar-refractivity contribution in [3.8, 4) is 0 Å². The third-order valence-corrected chi connectivity index (χ3v) is 14.5. The number of hydrogen-bond donors (Lipinski definition) is 5. The van der Waals surface area contributed by atoms with Crippen molar-refractivity contribution in [2.45, 2.75) is 135 Å². The number of amides is 7. The number of nitrogens with zero attached hydrogens (tertiary/aromatic N) is 3. The summed E-state index contributed by atoms with van der Waals surface area (Å²) in [7, 11) is -1.14. The van der Waals surface area contributed by atoms with Crippen LogP contribution in [0.1, 0.15) is 94.1 Å². The molecule has 5 N–H and O–H groups in total. The van der Waals surface area contributed by atoms with E-state index in [9.17, 15) is 42.0 Å². The molecule has 5 atom stereocenters. The lowest BCUT2D eigenvalue weighted by atomic mass is 9.76. The predicted octanol–water partition coefficient (Wildman–Crippen LogP) is 3.64. The summed E-state index contributed by atoms with van der Waals surface area (Å²) in [5.74, 6) is -3.53. The van der Waals surface area contributed by atoms with Crippen molar-refractivity contribution < 1.29 is 56.2 Å². The lowest BCUT2D eigenvalue weighted by Crippen LogP contribution is -2.61. The maximum atomic E-state index is 14.4. The van der Waals surface area contributed by atoms with Crippen LogP contribution in [0, 0.1) is 11.3 Å². The van der Waals surface area contributed by atoms with Gasteiger partial charge in [0.15, 0.2) is 0 Å². The molecule has 0 aromatic heterocycles. The maximum Gasteiger partial charge on any atom is 0.264 e. The lowest BCUT2D eigenvalue weighted by molar-refractivity contribution is -0.150. The monoisotopic (exact) mass is 1060 g/mol. The Morgan fingerprint density at radius 2 is 1.40 bits per heavy atom. The first-order valence-electron chi connectivity index (χ1n) is 25.5. The molecule has 0 spiro atoms. The van der Waals surface area contributed by atoms with Crippen molar-refractivity contribution in [2.75, 3.05) is 65.6 Å². The molecule has 1 fully saturated rings. The normalized spacial score (nSPS) is 17.2. The Kier molecular flexibility index (Phi) is 22.9. The number of likely N-dealkylation sites (tertiary alicyclic amines) is 1. The number of carbonyl (C=O) groups is 7. The number of nitrogens with one attached hydrogen (secondary N) is 5. The predicted molar refractivity (Wildman–Crippen MR) is 284 cm³/mol. The first-order chi connectivity index (χ1) is 35.2. The molecule has 7 amide bonds. The van der Waals surface area contributed by atoms with E-state index < -0.39 is 80.7 Å². The maximum absolute atomic E-state index is 14.4. The number of carbonyl (C=O) groups excluding carboxylic acids is 7. The van der Waals surface area contributed by atoms with Crippen LogP contribution in [0.2, 0.25) is 0 Å². The molecule has 1 saturated heterocycles. The van der Waals surface area contributed by atoms with E-state index in [0.717, 1.165) is 22.6 Å². The Balaban J connectivity index is 1.37. The summed E-state index contributed by atoms with van der Waals surface area (Å²) in [5.41, 5.74) is -0.138. The molecule has 2 aliphatic heterocycles. The van der Waals surface area contributed by atoms with Crippen molar-refractivity contribution in [3.05, 3.63) is 84.0 Å². The van der Waals surface area contributed by atoms with Crippen LogP contribution in [-0.2, 0) is 63.2 Å². The molecule has 0 radical (unpaired) electrons. The number of hydrogen-bond acceptors (Lipinski definition) is 14. The summed E-state index contributed by atoms with van der Waals surface area (Å²) in [6.45, 7) is 19.8. The third-order valence-electron chi connectivity index (χ3n) is 13.2. The van der Waals surface area contributed by atoms with Crippen LogP contribution in [0.15, 0.2) is 83.3 Å². The van der Waals surface area contributed by atoms with E-state index in [1.807, 2.05) is 92.6 Å². The van der Waals surface area contributed by atoms with Gasteiger partial charge in [0.05, 0.1) is 62.7 Å². The van der Waals surface area contributed by atoms with Gasteiger partial charge in [0.25, 0.3) is 27.7 Å². The average molecular weight is 1070 g/mol. The summed E-state index contributed by atoms with van der Waals surface area (Å²) < 4.78 is 46.2. The minimum atomic E-state index is -4.43. The Morgan fingerprint density at radius 3 is 1.96 bits per heavy atom. The number of sulfonamides is 1. The molecule has 0 unspecified atom stereocenters. The van der Waals surface area contributed by atoms with Crippen LogP contribution in [0.25, 0.3) is 0 Å². The number of ether oxygens (including phenoxy) is 3. The number of likely N-dealkylation sites (N-methyl/N-ethyl adjacent to an activating group) is 2. The zero-order valence-corrected chi connectivity index (χ0v) is 46.5. The van der Waals surface area contributed by atoms with E-state index in [4.69, 9.17) is 14.2 Å². The number of anilines is 1. The van der Waals surface area contributed by atoms with Crippen molar-refractivity contribution in [1.82, 2.24) is 35.4 Å². The average Bonchev–Trinajstić information content (AvgIpc) is 3.97. The standard InChI is InChI=1S/C54H80N8O12S/c1-35(2)42(60(12)52(69)48(53(6,7)8)58-51(68)47(55-11)54(9,10)38-17-14-13-15-18-38)33-37(5)49(66)59-75(70,71)40-22-20-39(21-23-40)57-50(67)41-19-16-27-61(41)44(62-45(64)24-25-46(62)65)34-74-32-31-73-30-29-72-28-26-43(63)56-36(3)4/h13-15,17-18,20-25,33,35-36,41-42,44,47-48,55H,16,19,26-32,34H2,1-12H3,(H,56,63)(H,57,67)(H,58,68)(H,59,66)/b37-33+/t41-,42+,44-,47+,48+/m0/s1. The van der Waals surface area contributed by atoms with Crippen LogP contribution in [0.4, 0.5) is 5.69 Å². The van der Waals surface area contributed by atoms with Gasteiger partial charge < -0.3 is 40.4 Å². The molecular formula is C54H80N8O12S. The molecule has 2 aliphatic rings. The molecule has 0 bridgehead atoms. The van der Waals surface area contributed by atoms with E-state index in [1.165, 1.54) is 42.2 Å². The molecule has 4 rings (SSSR count). The lowest BCUT2D eigenvalue weighted by Gasteiger charge is -2.40. The van der Waals surface area contributed by atoms with Crippen LogP contribution < -0.4 is 26.0 Å². The first-order valence-corrected chi connectivity index (χ1v) is 27.0.